The number of H-pyrrole nitrogens is 1. The zero-order chi connectivity index (χ0) is 12.3. The van der Waals surface area contributed by atoms with Gasteiger partial charge in [-0.25, -0.2) is 4.79 Å². The first-order chi connectivity index (χ1) is 8.24. The van der Waals surface area contributed by atoms with Gasteiger partial charge in [0.15, 0.2) is 0 Å². The molecule has 2 heterocycles. The zero-order valence-corrected chi connectivity index (χ0v) is 10.8. The minimum atomic E-state index is -0.376. The van der Waals surface area contributed by atoms with Crippen LogP contribution in [-0.2, 0) is 4.74 Å². The van der Waals surface area contributed by atoms with Crippen molar-refractivity contribution in [3.8, 4) is 11.3 Å². The Morgan fingerprint density at radius 2 is 2.35 bits per heavy atom. The van der Waals surface area contributed by atoms with Crippen molar-refractivity contribution in [1.29, 1.82) is 0 Å². The molecule has 1 N–H and O–H groups in total. The lowest BCUT2D eigenvalue weighted by Gasteiger charge is -2.04. The van der Waals surface area contributed by atoms with Gasteiger partial charge in [-0.05, 0) is 35.0 Å². The van der Waals surface area contributed by atoms with Gasteiger partial charge >= 0.3 is 5.97 Å². The fourth-order valence-corrected chi connectivity index (χ4v) is 2.04. The maximum Gasteiger partial charge on any atom is 0.355 e. The number of hydrogen-bond acceptors (Lipinski definition) is 3. The molecule has 0 aliphatic heterocycles. The van der Waals surface area contributed by atoms with Gasteiger partial charge in [0.25, 0.3) is 0 Å². The van der Waals surface area contributed by atoms with E-state index in [1.165, 1.54) is 0 Å². The molecule has 0 spiro atoms. The molecule has 17 heavy (non-hydrogen) atoms. The summed E-state index contributed by atoms with van der Waals surface area (Å²) in [6.07, 6.45) is 3.39. The van der Waals surface area contributed by atoms with E-state index < -0.39 is 0 Å². The van der Waals surface area contributed by atoms with Gasteiger partial charge in [-0.3, -0.25) is 4.98 Å². The van der Waals surface area contributed by atoms with Crippen LogP contribution in [0.25, 0.3) is 11.3 Å². The van der Waals surface area contributed by atoms with Crippen molar-refractivity contribution in [2.24, 2.45) is 0 Å². The van der Waals surface area contributed by atoms with Gasteiger partial charge in [-0.1, -0.05) is 6.07 Å². The largest absolute Gasteiger partial charge is 0.461 e. The average molecular weight is 295 g/mol. The van der Waals surface area contributed by atoms with Gasteiger partial charge in [0.05, 0.1) is 12.3 Å². The highest BCUT2D eigenvalue weighted by Gasteiger charge is 2.19. The summed E-state index contributed by atoms with van der Waals surface area (Å²) in [7, 11) is 0. The van der Waals surface area contributed by atoms with E-state index in [-0.39, 0.29) is 5.97 Å². The number of aromatic amines is 1. The predicted molar refractivity (Wildman–Crippen MR) is 67.7 cm³/mol. The molecule has 88 valence electrons. The van der Waals surface area contributed by atoms with Gasteiger partial charge in [-0.2, -0.15) is 0 Å². The van der Waals surface area contributed by atoms with Crippen LogP contribution in [0, 0.1) is 0 Å². The van der Waals surface area contributed by atoms with Crippen LogP contribution in [0.3, 0.4) is 0 Å². The number of hydrogen-bond donors (Lipinski definition) is 1. The lowest BCUT2D eigenvalue weighted by molar-refractivity contribution is 0.0521. The number of carbonyl (C=O) groups is 1. The number of pyridine rings is 1. The summed E-state index contributed by atoms with van der Waals surface area (Å²) in [5.41, 5.74) is 1.87. The summed E-state index contributed by atoms with van der Waals surface area (Å²) >= 11 is 3.39. The highest BCUT2D eigenvalue weighted by Crippen LogP contribution is 2.30. The van der Waals surface area contributed by atoms with Crippen LogP contribution in [0.2, 0.25) is 0 Å². The Balaban J connectivity index is 2.47. The number of nitrogens with one attached hydrogen (secondary N) is 1. The van der Waals surface area contributed by atoms with E-state index in [2.05, 4.69) is 25.9 Å². The number of carbonyl (C=O) groups excluding carboxylic acids is 1. The third kappa shape index (κ3) is 2.39. The predicted octanol–water partition coefficient (Wildman–Crippen LogP) is 3.02. The number of rotatable bonds is 3. The standard InChI is InChI=1S/C12H11BrN2O2/c1-2-17-12(16)11-10(8(13)7-15-11)9-5-3-4-6-14-9/h3-7,15H,2H2,1H3. The molecule has 0 unspecified atom stereocenters. The van der Waals surface area contributed by atoms with Crippen molar-refractivity contribution in [2.75, 3.05) is 6.61 Å². The first kappa shape index (κ1) is 11.9. The Morgan fingerprint density at radius 3 is 3.00 bits per heavy atom. The summed E-state index contributed by atoms with van der Waals surface area (Å²) < 4.78 is 5.78. The number of ether oxygens (including phenoxy) is 1. The lowest BCUT2D eigenvalue weighted by atomic mass is 10.1. The van der Waals surface area contributed by atoms with E-state index in [4.69, 9.17) is 4.74 Å². The highest BCUT2D eigenvalue weighted by atomic mass is 79.9. The maximum absolute atomic E-state index is 11.8. The molecular formula is C12H11BrN2O2. The smallest absolute Gasteiger partial charge is 0.355 e. The van der Waals surface area contributed by atoms with Crippen LogP contribution in [0.5, 0.6) is 0 Å². The Labute approximate surface area is 107 Å². The second-order valence-corrected chi connectivity index (χ2v) is 4.18. The Kier molecular flexibility index (Phi) is 3.58. The average Bonchev–Trinajstić information content (AvgIpc) is 2.73. The molecule has 0 bridgehead atoms. The van der Waals surface area contributed by atoms with Crippen molar-refractivity contribution in [3.05, 3.63) is 40.8 Å². The maximum atomic E-state index is 11.8. The number of nitrogens with zero attached hydrogens (tertiary/aromatic N) is 1. The molecule has 0 amide bonds. The molecule has 0 saturated heterocycles. The molecule has 0 aliphatic carbocycles. The van der Waals surface area contributed by atoms with Crippen LogP contribution in [0.1, 0.15) is 17.4 Å². The second kappa shape index (κ2) is 5.14. The fraction of sp³-hybridized carbons (Fsp3) is 0.167. The topological polar surface area (TPSA) is 55.0 Å². The van der Waals surface area contributed by atoms with E-state index >= 15 is 0 Å². The highest BCUT2D eigenvalue weighted by molar-refractivity contribution is 9.10. The van der Waals surface area contributed by atoms with Crippen LogP contribution >= 0.6 is 15.9 Å². The third-order valence-corrected chi connectivity index (χ3v) is 2.86. The number of esters is 1. The fourth-order valence-electron chi connectivity index (χ4n) is 1.52. The lowest BCUT2D eigenvalue weighted by Crippen LogP contribution is -2.06. The number of aromatic nitrogens is 2. The van der Waals surface area contributed by atoms with Crippen LogP contribution < -0.4 is 0 Å². The van der Waals surface area contributed by atoms with Crippen molar-refractivity contribution in [3.63, 3.8) is 0 Å². The Bertz CT molecular complexity index is 523. The third-order valence-electron chi connectivity index (χ3n) is 2.23. The van der Waals surface area contributed by atoms with Crippen LogP contribution in [0.15, 0.2) is 35.1 Å². The van der Waals surface area contributed by atoms with Crippen molar-refractivity contribution in [2.45, 2.75) is 6.92 Å². The molecule has 2 aromatic rings. The zero-order valence-electron chi connectivity index (χ0n) is 9.24. The first-order valence-corrected chi connectivity index (χ1v) is 5.98. The molecule has 0 aromatic carbocycles. The molecule has 5 heteroatoms. The molecule has 0 saturated carbocycles. The van der Waals surface area contributed by atoms with E-state index in [0.717, 1.165) is 15.7 Å². The minimum Gasteiger partial charge on any atom is -0.461 e. The second-order valence-electron chi connectivity index (χ2n) is 3.32. The molecule has 0 radical (unpaired) electrons. The summed E-state index contributed by atoms with van der Waals surface area (Å²) in [6, 6.07) is 5.54. The van der Waals surface area contributed by atoms with E-state index in [9.17, 15) is 4.79 Å². The van der Waals surface area contributed by atoms with Gasteiger partial charge < -0.3 is 9.72 Å². The quantitative estimate of drug-likeness (QED) is 0.886. The van der Waals surface area contributed by atoms with Gasteiger partial charge in [-0.15, -0.1) is 0 Å². The van der Waals surface area contributed by atoms with E-state index in [1.54, 1.807) is 19.3 Å². The van der Waals surface area contributed by atoms with Crippen molar-refractivity contribution < 1.29 is 9.53 Å². The Morgan fingerprint density at radius 1 is 1.53 bits per heavy atom. The van der Waals surface area contributed by atoms with E-state index in [1.807, 2.05) is 18.2 Å². The summed E-state index contributed by atoms with van der Waals surface area (Å²) in [4.78, 5) is 18.9. The van der Waals surface area contributed by atoms with Gasteiger partial charge in [0, 0.05) is 22.4 Å². The SMILES string of the molecule is CCOC(=O)c1[nH]cc(Br)c1-c1ccccn1. The van der Waals surface area contributed by atoms with Crippen LogP contribution in [0.4, 0.5) is 0 Å². The molecule has 0 atom stereocenters. The van der Waals surface area contributed by atoms with Crippen molar-refractivity contribution in [1.82, 2.24) is 9.97 Å². The number of halogens is 1. The monoisotopic (exact) mass is 294 g/mol. The molecule has 0 aliphatic rings. The summed E-state index contributed by atoms with van der Waals surface area (Å²) in [5, 5.41) is 0. The summed E-state index contributed by atoms with van der Waals surface area (Å²) in [5.74, 6) is -0.376. The molecule has 4 nitrogen and oxygen atoms in total. The van der Waals surface area contributed by atoms with Crippen molar-refractivity contribution >= 4 is 21.9 Å². The Hall–Kier alpha value is -1.62. The van der Waals surface area contributed by atoms with Gasteiger partial charge in [0.1, 0.15) is 5.69 Å². The molecule has 2 aromatic heterocycles. The van der Waals surface area contributed by atoms with Crippen LogP contribution in [-0.4, -0.2) is 22.5 Å². The van der Waals surface area contributed by atoms with Gasteiger partial charge in [0.2, 0.25) is 0 Å². The molecule has 2 rings (SSSR count). The minimum absolute atomic E-state index is 0.344. The van der Waals surface area contributed by atoms with E-state index in [0.29, 0.717) is 12.3 Å². The molecular weight excluding hydrogens is 284 g/mol. The summed E-state index contributed by atoms with van der Waals surface area (Å²) in [6.45, 7) is 2.12. The molecule has 0 fully saturated rings. The first-order valence-electron chi connectivity index (χ1n) is 5.19. The normalized spacial score (nSPS) is 10.2.